The van der Waals surface area contributed by atoms with Crippen LogP contribution in [0.25, 0.3) is 0 Å². The van der Waals surface area contributed by atoms with Gasteiger partial charge in [0.05, 0.1) is 11.2 Å². The molecule has 0 amide bonds. The summed E-state index contributed by atoms with van der Waals surface area (Å²) in [6, 6.07) is 0. The topological polar surface area (TPSA) is 40.5 Å². The second-order valence-electron chi connectivity index (χ2n) is 23.4. The van der Waals surface area contributed by atoms with Gasteiger partial charge in [0.25, 0.3) is 0 Å². The molecule has 6 rings (SSSR count). The summed E-state index contributed by atoms with van der Waals surface area (Å²) in [5, 5.41) is 25.1. The average molecular weight is 723 g/mol. The zero-order valence-electron chi connectivity index (χ0n) is 36.6. The third-order valence-electron chi connectivity index (χ3n) is 20.5. The van der Waals surface area contributed by atoms with Crippen LogP contribution in [0.3, 0.4) is 0 Å². The molecule has 2 nitrogen and oxygen atoms in total. The SMILES string of the molecule is C[C@@H]1CCC(O)(CCCCCCCCCCC2(O)CC[C@@H](C)[C@H]3C[C@@H]4CC[C@@H](C)[C@H](CC[C@@]32C)C4(C)C)[C@@]2(C)CC[C@H]3[C@H](C)CC[C@@H](C[C@H]12)C3(C)C. The summed E-state index contributed by atoms with van der Waals surface area (Å²) >= 11 is 0. The van der Waals surface area contributed by atoms with Crippen LogP contribution in [0.2, 0.25) is 0 Å². The number of hydrogen-bond donors (Lipinski definition) is 2. The van der Waals surface area contributed by atoms with Crippen molar-refractivity contribution >= 4 is 0 Å². The lowest BCUT2D eigenvalue weighted by molar-refractivity contribution is -0.185. The van der Waals surface area contributed by atoms with Gasteiger partial charge in [0.2, 0.25) is 0 Å². The summed E-state index contributed by atoms with van der Waals surface area (Å²) in [6.45, 7) is 25.6. The van der Waals surface area contributed by atoms with Crippen LogP contribution in [-0.4, -0.2) is 21.4 Å². The van der Waals surface area contributed by atoms with Gasteiger partial charge in [-0.05, 0) is 171 Å². The van der Waals surface area contributed by atoms with Crippen LogP contribution in [0.4, 0.5) is 0 Å². The highest BCUT2D eigenvalue weighted by Crippen LogP contribution is 2.65. The maximum Gasteiger partial charge on any atom is 0.0703 e. The normalized spacial score (nSPS) is 48.7. The fraction of sp³-hybridized carbons (Fsp3) is 1.00. The molecule has 6 saturated carbocycles. The maximum absolute atomic E-state index is 12.5. The van der Waals surface area contributed by atoms with Gasteiger partial charge < -0.3 is 10.2 Å². The van der Waals surface area contributed by atoms with Gasteiger partial charge in [-0.15, -0.1) is 0 Å². The van der Waals surface area contributed by atoms with E-state index in [1.54, 1.807) is 0 Å². The van der Waals surface area contributed by atoms with Crippen LogP contribution < -0.4 is 0 Å². The zero-order valence-corrected chi connectivity index (χ0v) is 36.6. The zero-order chi connectivity index (χ0) is 37.7. The number of hydrogen-bond acceptors (Lipinski definition) is 2. The molecule has 0 spiro atoms. The van der Waals surface area contributed by atoms with Crippen molar-refractivity contribution in [3.05, 3.63) is 0 Å². The molecule has 302 valence electrons. The average Bonchev–Trinajstić information content (AvgIpc) is 3.07. The van der Waals surface area contributed by atoms with Crippen LogP contribution in [0, 0.1) is 80.8 Å². The summed E-state index contributed by atoms with van der Waals surface area (Å²) in [5.74, 6) is 7.80. The van der Waals surface area contributed by atoms with Gasteiger partial charge in [0, 0.05) is 0 Å². The van der Waals surface area contributed by atoms with Gasteiger partial charge >= 0.3 is 0 Å². The van der Waals surface area contributed by atoms with E-state index in [2.05, 4.69) is 69.2 Å². The Hall–Kier alpha value is -0.0800. The lowest BCUT2D eigenvalue weighted by Gasteiger charge is -2.61. The van der Waals surface area contributed by atoms with Gasteiger partial charge in [-0.25, -0.2) is 0 Å². The Morgan fingerprint density at radius 3 is 1.08 bits per heavy atom. The largest absolute Gasteiger partial charge is 0.389 e. The molecular formula is C50H90O2. The van der Waals surface area contributed by atoms with Crippen LogP contribution >= 0.6 is 0 Å². The number of aliphatic hydroxyl groups is 2. The highest BCUT2D eigenvalue weighted by molar-refractivity contribution is 5.10. The van der Waals surface area contributed by atoms with Crippen LogP contribution in [0.1, 0.15) is 223 Å². The quantitative estimate of drug-likeness (QED) is 0.208. The second-order valence-corrected chi connectivity index (χ2v) is 23.4. The first-order valence-corrected chi connectivity index (χ1v) is 23.8. The molecule has 2 N–H and O–H groups in total. The fourth-order valence-corrected chi connectivity index (χ4v) is 16.2. The molecule has 4 bridgehead atoms. The second kappa shape index (κ2) is 15.7. The van der Waals surface area contributed by atoms with Crippen molar-refractivity contribution in [3.63, 3.8) is 0 Å². The van der Waals surface area contributed by atoms with Gasteiger partial charge in [-0.3, -0.25) is 0 Å². The maximum atomic E-state index is 12.5. The van der Waals surface area contributed by atoms with Crippen LogP contribution in [0.5, 0.6) is 0 Å². The Bertz CT molecular complexity index is 1080. The molecule has 0 aromatic heterocycles. The third kappa shape index (κ3) is 7.42. The molecule has 0 heterocycles. The van der Waals surface area contributed by atoms with E-state index in [0.29, 0.717) is 22.7 Å². The fourth-order valence-electron chi connectivity index (χ4n) is 16.2. The Morgan fingerprint density at radius 2 is 0.712 bits per heavy atom. The van der Waals surface area contributed by atoms with Crippen molar-refractivity contribution in [2.75, 3.05) is 0 Å². The van der Waals surface area contributed by atoms with E-state index in [1.807, 2.05) is 0 Å². The highest BCUT2D eigenvalue weighted by Gasteiger charge is 2.60. The standard InChI is InChI=1S/C50H90O2/c1-35-19-21-39-33-43-37(3)23-31-49(51,47(43,9)29-25-41(35)45(39,5)6)27-17-15-13-11-12-14-16-18-28-50(52)32-24-38(4)44-34-40-22-20-36(2)42(46(40,7)8)26-30-48(44,50)10/h35-44,51-52H,11-34H2,1-10H3/t35-,36-,37-,38-,39+,40+,41+,42+,43-,44-,47+,48+,49?,50?/m1/s1. The smallest absolute Gasteiger partial charge is 0.0703 e. The van der Waals surface area contributed by atoms with E-state index in [1.165, 1.54) is 128 Å². The van der Waals surface area contributed by atoms with Gasteiger partial charge in [0.1, 0.15) is 0 Å². The van der Waals surface area contributed by atoms with E-state index >= 15 is 0 Å². The molecule has 6 aliphatic rings. The predicted molar refractivity (Wildman–Crippen MR) is 222 cm³/mol. The van der Waals surface area contributed by atoms with Gasteiger partial charge in [-0.1, -0.05) is 133 Å². The molecule has 0 aliphatic heterocycles. The Morgan fingerprint density at radius 1 is 0.385 bits per heavy atom. The first-order chi connectivity index (χ1) is 24.4. The third-order valence-corrected chi connectivity index (χ3v) is 20.5. The first-order valence-electron chi connectivity index (χ1n) is 23.8. The molecule has 6 fully saturated rings. The lowest BCUT2D eigenvalue weighted by atomic mass is 9.45. The lowest BCUT2D eigenvalue weighted by Crippen LogP contribution is -2.58. The van der Waals surface area contributed by atoms with Crippen molar-refractivity contribution in [2.24, 2.45) is 80.8 Å². The van der Waals surface area contributed by atoms with Crippen LogP contribution in [-0.2, 0) is 0 Å². The molecule has 52 heavy (non-hydrogen) atoms. The van der Waals surface area contributed by atoms with Gasteiger partial charge in [-0.2, -0.15) is 0 Å². The summed E-state index contributed by atoms with van der Waals surface area (Å²) in [7, 11) is 0. The molecule has 0 aromatic rings. The van der Waals surface area contributed by atoms with Crippen LogP contribution in [0.15, 0.2) is 0 Å². The summed E-state index contributed by atoms with van der Waals surface area (Å²) in [6.07, 6.45) is 30.3. The van der Waals surface area contributed by atoms with E-state index in [0.717, 1.165) is 73.0 Å². The van der Waals surface area contributed by atoms with Crippen molar-refractivity contribution < 1.29 is 10.2 Å². The monoisotopic (exact) mass is 723 g/mol. The minimum Gasteiger partial charge on any atom is -0.389 e. The molecule has 2 heteroatoms. The minimum absolute atomic E-state index is 0.0795. The van der Waals surface area contributed by atoms with Crippen molar-refractivity contribution in [3.8, 4) is 0 Å². The molecule has 6 aliphatic carbocycles. The molecule has 14 atom stereocenters. The Balaban J connectivity index is 0.941. The summed E-state index contributed by atoms with van der Waals surface area (Å²) in [5.41, 5.74) is 0.118. The van der Waals surface area contributed by atoms with Crippen molar-refractivity contribution in [2.45, 2.75) is 235 Å². The van der Waals surface area contributed by atoms with E-state index < -0.39 is 11.2 Å². The summed E-state index contributed by atoms with van der Waals surface area (Å²) in [4.78, 5) is 0. The van der Waals surface area contributed by atoms with Gasteiger partial charge in [0.15, 0.2) is 0 Å². The predicted octanol–water partition coefficient (Wildman–Crippen LogP) is 14.2. The highest BCUT2D eigenvalue weighted by atomic mass is 16.3. The molecular weight excluding hydrogens is 633 g/mol. The minimum atomic E-state index is -0.472. The Labute approximate surface area is 324 Å². The van der Waals surface area contributed by atoms with Crippen molar-refractivity contribution in [1.82, 2.24) is 0 Å². The molecule has 0 saturated heterocycles. The van der Waals surface area contributed by atoms with E-state index in [-0.39, 0.29) is 10.8 Å². The first kappa shape index (κ1) is 41.6. The number of fused-ring (bicyclic) bond motifs is 6. The summed E-state index contributed by atoms with van der Waals surface area (Å²) < 4.78 is 0. The van der Waals surface area contributed by atoms with E-state index in [9.17, 15) is 10.2 Å². The number of unbranched alkanes of at least 4 members (excludes halogenated alkanes) is 7. The molecule has 0 aromatic carbocycles. The van der Waals surface area contributed by atoms with Crippen molar-refractivity contribution in [1.29, 1.82) is 0 Å². The number of rotatable bonds is 11. The molecule has 0 radical (unpaired) electrons. The molecule has 2 unspecified atom stereocenters. The Kier molecular flexibility index (Phi) is 12.5. The van der Waals surface area contributed by atoms with E-state index in [4.69, 9.17) is 0 Å².